The highest BCUT2D eigenvalue weighted by Gasteiger charge is 2.25. The number of aryl methyl sites for hydroxylation is 1. The molecule has 0 radical (unpaired) electrons. The van der Waals surface area contributed by atoms with Crippen LogP contribution in [-0.2, 0) is 4.79 Å². The molecule has 1 amide bonds. The number of rotatable bonds is 2. The molecule has 0 aromatic heterocycles. The lowest BCUT2D eigenvalue weighted by molar-refractivity contribution is -0.120. The Morgan fingerprint density at radius 1 is 1.42 bits per heavy atom. The van der Waals surface area contributed by atoms with Crippen molar-refractivity contribution >= 4 is 39.9 Å². The molecule has 1 aromatic carbocycles. The van der Waals surface area contributed by atoms with Crippen molar-refractivity contribution in [2.45, 2.75) is 38.6 Å². The summed E-state index contributed by atoms with van der Waals surface area (Å²) < 4.78 is 1.06. The number of hydrogen-bond donors (Lipinski definition) is 2. The molecule has 0 saturated heterocycles. The van der Waals surface area contributed by atoms with Gasteiger partial charge in [0.1, 0.15) is 0 Å². The van der Waals surface area contributed by atoms with Gasteiger partial charge in [0, 0.05) is 22.1 Å². The van der Waals surface area contributed by atoms with Gasteiger partial charge < -0.3 is 11.1 Å². The summed E-state index contributed by atoms with van der Waals surface area (Å²) in [7, 11) is 0. The summed E-state index contributed by atoms with van der Waals surface area (Å²) in [6, 6.07) is 6.03. The minimum absolute atomic E-state index is 0. The van der Waals surface area contributed by atoms with E-state index >= 15 is 0 Å². The molecule has 0 heterocycles. The maximum absolute atomic E-state index is 12.1. The van der Waals surface area contributed by atoms with Gasteiger partial charge in [0.2, 0.25) is 5.91 Å². The average Bonchev–Trinajstić information content (AvgIpc) is 2.34. The zero-order valence-corrected chi connectivity index (χ0v) is 13.4. The molecule has 3 nitrogen and oxygen atoms in total. The molecule has 1 fully saturated rings. The van der Waals surface area contributed by atoms with E-state index in [1.54, 1.807) is 0 Å². The molecule has 106 valence electrons. The number of anilines is 1. The van der Waals surface area contributed by atoms with Crippen LogP contribution in [0.25, 0.3) is 0 Å². The first-order chi connectivity index (χ1) is 8.56. The van der Waals surface area contributed by atoms with Crippen molar-refractivity contribution in [2.24, 2.45) is 11.7 Å². The SMILES string of the molecule is Cc1cc(NC(=O)C2CCCC(N)C2)ccc1Br.Cl. The Morgan fingerprint density at radius 3 is 2.79 bits per heavy atom. The second-order valence-electron chi connectivity index (χ2n) is 5.08. The van der Waals surface area contributed by atoms with E-state index in [2.05, 4.69) is 21.2 Å². The molecule has 0 spiro atoms. The van der Waals surface area contributed by atoms with Gasteiger partial charge in [-0.15, -0.1) is 12.4 Å². The first kappa shape index (κ1) is 16.5. The van der Waals surface area contributed by atoms with Gasteiger partial charge in [0.05, 0.1) is 0 Å². The fourth-order valence-corrected chi connectivity index (χ4v) is 2.68. The second-order valence-corrected chi connectivity index (χ2v) is 5.93. The third-order valence-corrected chi connectivity index (χ3v) is 4.40. The maximum atomic E-state index is 12.1. The quantitative estimate of drug-likeness (QED) is 0.858. The first-order valence-corrected chi connectivity index (χ1v) is 7.18. The summed E-state index contributed by atoms with van der Waals surface area (Å²) in [5.74, 6) is 0.171. The highest BCUT2D eigenvalue weighted by molar-refractivity contribution is 9.10. The van der Waals surface area contributed by atoms with Gasteiger partial charge in [0.15, 0.2) is 0 Å². The van der Waals surface area contributed by atoms with Gasteiger partial charge in [0.25, 0.3) is 0 Å². The van der Waals surface area contributed by atoms with Crippen molar-refractivity contribution in [3.05, 3.63) is 28.2 Å². The summed E-state index contributed by atoms with van der Waals surface area (Å²) in [6.45, 7) is 2.01. The molecule has 1 aliphatic rings. The van der Waals surface area contributed by atoms with Crippen LogP contribution in [0.2, 0.25) is 0 Å². The normalized spacial score (nSPS) is 22.5. The van der Waals surface area contributed by atoms with Crippen LogP contribution in [0.15, 0.2) is 22.7 Å². The van der Waals surface area contributed by atoms with E-state index in [0.717, 1.165) is 41.4 Å². The van der Waals surface area contributed by atoms with Gasteiger partial charge in [-0.1, -0.05) is 22.4 Å². The molecule has 1 saturated carbocycles. The standard InChI is InChI=1S/C14H19BrN2O.ClH/c1-9-7-12(5-6-13(9)15)17-14(18)10-3-2-4-11(16)8-10;/h5-7,10-11H,2-4,8,16H2,1H3,(H,17,18);1H. The summed E-state index contributed by atoms with van der Waals surface area (Å²) in [6.07, 6.45) is 3.86. The Balaban J connectivity index is 0.00000180. The van der Waals surface area contributed by atoms with Crippen LogP contribution in [0.4, 0.5) is 5.69 Å². The van der Waals surface area contributed by atoms with Crippen molar-refractivity contribution in [1.29, 1.82) is 0 Å². The van der Waals surface area contributed by atoms with Crippen molar-refractivity contribution in [2.75, 3.05) is 5.32 Å². The van der Waals surface area contributed by atoms with E-state index in [9.17, 15) is 4.79 Å². The molecule has 2 rings (SSSR count). The van der Waals surface area contributed by atoms with Gasteiger partial charge in [-0.2, -0.15) is 0 Å². The van der Waals surface area contributed by atoms with Crippen LogP contribution >= 0.6 is 28.3 Å². The van der Waals surface area contributed by atoms with Crippen LogP contribution in [0.3, 0.4) is 0 Å². The molecule has 2 atom stereocenters. The van der Waals surface area contributed by atoms with E-state index in [1.807, 2.05) is 25.1 Å². The largest absolute Gasteiger partial charge is 0.328 e. The van der Waals surface area contributed by atoms with Crippen molar-refractivity contribution in [3.63, 3.8) is 0 Å². The summed E-state index contributed by atoms with van der Waals surface area (Å²) in [5, 5.41) is 2.98. The first-order valence-electron chi connectivity index (χ1n) is 6.39. The number of nitrogens with two attached hydrogens (primary N) is 1. The van der Waals surface area contributed by atoms with Crippen LogP contribution in [0.1, 0.15) is 31.2 Å². The number of hydrogen-bond acceptors (Lipinski definition) is 2. The van der Waals surface area contributed by atoms with Crippen molar-refractivity contribution in [3.8, 4) is 0 Å². The number of benzene rings is 1. The molecular formula is C14H20BrClN2O. The highest BCUT2D eigenvalue weighted by atomic mass is 79.9. The minimum Gasteiger partial charge on any atom is -0.328 e. The minimum atomic E-state index is 0. The molecule has 0 bridgehead atoms. The zero-order valence-electron chi connectivity index (χ0n) is 11.0. The van der Waals surface area contributed by atoms with E-state index < -0.39 is 0 Å². The lowest BCUT2D eigenvalue weighted by atomic mass is 9.85. The fourth-order valence-electron chi connectivity index (χ4n) is 2.43. The average molecular weight is 348 g/mol. The predicted molar refractivity (Wildman–Crippen MR) is 84.7 cm³/mol. The van der Waals surface area contributed by atoms with Crippen LogP contribution in [0.5, 0.6) is 0 Å². The Hall–Kier alpha value is -0.580. The Labute approximate surface area is 128 Å². The number of halogens is 2. The van der Waals surface area contributed by atoms with Gasteiger partial charge in [-0.25, -0.2) is 0 Å². The molecular weight excluding hydrogens is 328 g/mol. The van der Waals surface area contributed by atoms with Gasteiger partial charge in [-0.05, 0) is 49.9 Å². The highest BCUT2D eigenvalue weighted by Crippen LogP contribution is 2.25. The second kappa shape index (κ2) is 7.27. The van der Waals surface area contributed by atoms with Crippen LogP contribution < -0.4 is 11.1 Å². The molecule has 19 heavy (non-hydrogen) atoms. The van der Waals surface area contributed by atoms with E-state index in [1.165, 1.54) is 0 Å². The van der Waals surface area contributed by atoms with Gasteiger partial charge in [-0.3, -0.25) is 4.79 Å². The van der Waals surface area contributed by atoms with Crippen molar-refractivity contribution < 1.29 is 4.79 Å². The Morgan fingerprint density at radius 2 is 2.16 bits per heavy atom. The predicted octanol–water partition coefficient (Wildman–Crippen LogP) is 3.64. The molecule has 0 aliphatic heterocycles. The molecule has 2 unspecified atom stereocenters. The van der Waals surface area contributed by atoms with Gasteiger partial charge >= 0.3 is 0 Å². The summed E-state index contributed by atoms with van der Waals surface area (Å²) in [5.41, 5.74) is 7.89. The molecule has 1 aliphatic carbocycles. The number of amides is 1. The summed E-state index contributed by atoms with van der Waals surface area (Å²) >= 11 is 3.45. The number of carbonyl (C=O) groups excluding carboxylic acids is 1. The number of nitrogens with one attached hydrogen (secondary N) is 1. The lowest BCUT2D eigenvalue weighted by Crippen LogP contribution is -2.34. The Kier molecular flexibility index (Phi) is 6.30. The lowest BCUT2D eigenvalue weighted by Gasteiger charge is -2.25. The topological polar surface area (TPSA) is 55.1 Å². The van der Waals surface area contributed by atoms with Crippen LogP contribution in [-0.4, -0.2) is 11.9 Å². The monoisotopic (exact) mass is 346 g/mol. The smallest absolute Gasteiger partial charge is 0.227 e. The Bertz CT molecular complexity index is 453. The van der Waals surface area contributed by atoms with Crippen LogP contribution in [0, 0.1) is 12.8 Å². The molecule has 5 heteroatoms. The third kappa shape index (κ3) is 4.48. The van der Waals surface area contributed by atoms with E-state index in [4.69, 9.17) is 5.73 Å². The third-order valence-electron chi connectivity index (χ3n) is 3.51. The molecule has 1 aromatic rings. The number of carbonyl (C=O) groups is 1. The van der Waals surface area contributed by atoms with E-state index in [-0.39, 0.29) is 30.3 Å². The van der Waals surface area contributed by atoms with E-state index in [0.29, 0.717) is 0 Å². The zero-order chi connectivity index (χ0) is 13.1. The molecule has 3 N–H and O–H groups in total. The van der Waals surface area contributed by atoms with Crippen molar-refractivity contribution in [1.82, 2.24) is 0 Å². The maximum Gasteiger partial charge on any atom is 0.227 e. The fraction of sp³-hybridized carbons (Fsp3) is 0.500. The summed E-state index contributed by atoms with van der Waals surface area (Å²) in [4.78, 5) is 12.1.